The number of hydrogen-bond donors (Lipinski definition) is 2. The topological polar surface area (TPSA) is 35.5 Å². The van der Waals surface area contributed by atoms with Crippen LogP contribution in [0.3, 0.4) is 0 Å². The molecule has 2 atom stereocenters. The predicted molar refractivity (Wildman–Crippen MR) is 71.4 cm³/mol. The number of nitrogens with one attached hydrogen (secondary N) is 1. The first-order chi connectivity index (χ1) is 8.22. The van der Waals surface area contributed by atoms with Crippen molar-refractivity contribution >= 4 is 5.69 Å². The zero-order valence-corrected chi connectivity index (χ0v) is 10.7. The molecule has 0 bridgehead atoms. The molecule has 3 nitrogen and oxygen atoms in total. The van der Waals surface area contributed by atoms with E-state index in [9.17, 15) is 5.11 Å². The summed E-state index contributed by atoms with van der Waals surface area (Å²) in [6.45, 7) is 3.97. The van der Waals surface area contributed by atoms with Gasteiger partial charge in [-0.05, 0) is 38.4 Å². The Hall–Kier alpha value is -1.06. The van der Waals surface area contributed by atoms with Crippen LogP contribution in [0.4, 0.5) is 5.69 Å². The number of rotatable bonds is 3. The third-order valence-electron chi connectivity index (χ3n) is 3.57. The maximum absolute atomic E-state index is 9.77. The number of β-amino-alcohol motifs (C(OH)–C–C–N with tert-alkyl or cyclic N) is 1. The number of benzene rings is 1. The molecule has 0 saturated carbocycles. The van der Waals surface area contributed by atoms with E-state index >= 15 is 0 Å². The van der Waals surface area contributed by atoms with E-state index in [-0.39, 0.29) is 6.10 Å². The molecule has 2 N–H and O–H groups in total. The molecule has 0 spiro atoms. The third-order valence-corrected chi connectivity index (χ3v) is 3.57. The van der Waals surface area contributed by atoms with Gasteiger partial charge in [-0.25, -0.2) is 0 Å². The summed E-state index contributed by atoms with van der Waals surface area (Å²) in [5, 5.41) is 13.1. The van der Waals surface area contributed by atoms with Crippen LogP contribution in [-0.4, -0.2) is 31.3 Å². The van der Waals surface area contributed by atoms with E-state index < -0.39 is 0 Å². The van der Waals surface area contributed by atoms with E-state index in [1.807, 2.05) is 7.05 Å². The van der Waals surface area contributed by atoms with Crippen LogP contribution in [0, 0.1) is 0 Å². The van der Waals surface area contributed by atoms with Gasteiger partial charge in [0.15, 0.2) is 0 Å². The Bertz CT molecular complexity index is 367. The van der Waals surface area contributed by atoms with E-state index in [0.29, 0.717) is 6.04 Å². The number of aliphatic hydroxyl groups excluding tert-OH is 1. The molecule has 94 valence electrons. The van der Waals surface area contributed by atoms with E-state index in [1.165, 1.54) is 11.3 Å². The summed E-state index contributed by atoms with van der Waals surface area (Å²) in [6, 6.07) is 8.80. The lowest BCUT2D eigenvalue weighted by atomic mass is 10.0. The van der Waals surface area contributed by atoms with Crippen molar-refractivity contribution in [2.24, 2.45) is 0 Å². The van der Waals surface area contributed by atoms with Crippen molar-refractivity contribution in [3.63, 3.8) is 0 Å². The molecule has 1 heterocycles. The summed E-state index contributed by atoms with van der Waals surface area (Å²) in [4.78, 5) is 2.30. The van der Waals surface area contributed by atoms with Gasteiger partial charge in [0.1, 0.15) is 0 Å². The van der Waals surface area contributed by atoms with Crippen LogP contribution in [0.1, 0.15) is 31.4 Å². The van der Waals surface area contributed by atoms with Crippen molar-refractivity contribution in [1.82, 2.24) is 5.32 Å². The van der Waals surface area contributed by atoms with Crippen LogP contribution < -0.4 is 10.2 Å². The van der Waals surface area contributed by atoms with Crippen molar-refractivity contribution in [3.05, 3.63) is 29.8 Å². The molecule has 2 rings (SSSR count). The Morgan fingerprint density at radius 1 is 1.41 bits per heavy atom. The van der Waals surface area contributed by atoms with E-state index in [1.54, 1.807) is 0 Å². The van der Waals surface area contributed by atoms with Crippen molar-refractivity contribution in [2.45, 2.75) is 31.9 Å². The highest BCUT2D eigenvalue weighted by molar-refractivity contribution is 5.55. The lowest BCUT2D eigenvalue weighted by molar-refractivity contribution is 0.154. The van der Waals surface area contributed by atoms with Gasteiger partial charge in [0.2, 0.25) is 0 Å². The molecule has 1 saturated heterocycles. The number of aliphatic hydroxyl groups is 1. The minimum absolute atomic E-state index is 0.179. The molecular weight excluding hydrogens is 212 g/mol. The van der Waals surface area contributed by atoms with Gasteiger partial charge in [0.25, 0.3) is 0 Å². The maximum atomic E-state index is 9.77. The lowest BCUT2D eigenvalue weighted by Gasteiger charge is -2.34. The largest absolute Gasteiger partial charge is 0.391 e. The minimum Gasteiger partial charge on any atom is -0.391 e. The van der Waals surface area contributed by atoms with Crippen LogP contribution in [-0.2, 0) is 0 Å². The average Bonchev–Trinajstić information content (AvgIpc) is 2.38. The summed E-state index contributed by atoms with van der Waals surface area (Å²) in [7, 11) is 1.98. The van der Waals surface area contributed by atoms with Crippen molar-refractivity contribution in [3.8, 4) is 0 Å². The predicted octanol–water partition coefficient (Wildman–Crippen LogP) is 1.93. The highest BCUT2D eigenvalue weighted by Gasteiger charge is 2.20. The molecule has 0 aromatic heterocycles. The van der Waals surface area contributed by atoms with E-state index in [4.69, 9.17) is 0 Å². The van der Waals surface area contributed by atoms with Crippen LogP contribution >= 0.6 is 0 Å². The zero-order chi connectivity index (χ0) is 12.3. The smallest absolute Gasteiger partial charge is 0.0715 e. The van der Waals surface area contributed by atoms with Crippen LogP contribution in [0.15, 0.2) is 24.3 Å². The van der Waals surface area contributed by atoms with Crippen LogP contribution in [0.25, 0.3) is 0 Å². The van der Waals surface area contributed by atoms with Crippen LogP contribution in [0.2, 0.25) is 0 Å². The molecule has 0 radical (unpaired) electrons. The standard InChI is InChI=1S/C14H22N2O/c1-11(15-2)13-7-3-4-8-14(13)16-9-5-6-12(17)10-16/h3-4,7-8,11-12,15,17H,5-6,9-10H2,1-2H3. The third kappa shape index (κ3) is 2.79. The van der Waals surface area contributed by atoms with Gasteiger partial charge >= 0.3 is 0 Å². The van der Waals surface area contributed by atoms with Crippen molar-refractivity contribution in [1.29, 1.82) is 0 Å². The Morgan fingerprint density at radius 3 is 2.88 bits per heavy atom. The molecule has 1 aromatic carbocycles. The number of hydrogen-bond acceptors (Lipinski definition) is 3. The molecule has 2 unspecified atom stereocenters. The van der Waals surface area contributed by atoms with Crippen molar-refractivity contribution in [2.75, 3.05) is 25.0 Å². The molecule has 3 heteroatoms. The summed E-state index contributed by atoms with van der Waals surface area (Å²) in [6.07, 6.45) is 1.82. The first-order valence-electron chi connectivity index (χ1n) is 6.41. The molecule has 1 aliphatic heterocycles. The fraction of sp³-hybridized carbons (Fsp3) is 0.571. The molecular formula is C14H22N2O. The quantitative estimate of drug-likeness (QED) is 0.839. The molecule has 1 aromatic rings. The van der Waals surface area contributed by atoms with Gasteiger partial charge in [-0.2, -0.15) is 0 Å². The van der Waals surface area contributed by atoms with Gasteiger partial charge in [-0.1, -0.05) is 18.2 Å². The molecule has 17 heavy (non-hydrogen) atoms. The second-order valence-corrected chi connectivity index (χ2v) is 4.81. The zero-order valence-electron chi connectivity index (χ0n) is 10.7. The van der Waals surface area contributed by atoms with E-state index in [2.05, 4.69) is 41.4 Å². The monoisotopic (exact) mass is 234 g/mol. The maximum Gasteiger partial charge on any atom is 0.0715 e. The average molecular weight is 234 g/mol. The van der Waals surface area contributed by atoms with Gasteiger partial charge in [-0.3, -0.25) is 0 Å². The fourth-order valence-electron chi connectivity index (χ4n) is 2.47. The Kier molecular flexibility index (Phi) is 4.02. The highest BCUT2D eigenvalue weighted by atomic mass is 16.3. The van der Waals surface area contributed by atoms with E-state index in [0.717, 1.165) is 25.9 Å². The Balaban J connectivity index is 2.24. The highest BCUT2D eigenvalue weighted by Crippen LogP contribution is 2.28. The first kappa shape index (κ1) is 12.4. The number of anilines is 1. The summed E-state index contributed by atoms with van der Waals surface area (Å²) < 4.78 is 0. The first-order valence-corrected chi connectivity index (χ1v) is 6.41. The minimum atomic E-state index is -0.179. The second kappa shape index (κ2) is 5.52. The lowest BCUT2D eigenvalue weighted by Crippen LogP contribution is -2.39. The van der Waals surface area contributed by atoms with Gasteiger partial charge in [-0.15, -0.1) is 0 Å². The van der Waals surface area contributed by atoms with Crippen LogP contribution in [0.5, 0.6) is 0 Å². The Morgan fingerprint density at radius 2 is 2.18 bits per heavy atom. The van der Waals surface area contributed by atoms with Gasteiger partial charge < -0.3 is 15.3 Å². The summed E-state index contributed by atoms with van der Waals surface area (Å²) >= 11 is 0. The molecule has 1 fully saturated rings. The number of para-hydroxylation sites is 1. The summed E-state index contributed by atoms with van der Waals surface area (Å²) in [5.74, 6) is 0. The second-order valence-electron chi connectivity index (χ2n) is 4.81. The molecule has 0 amide bonds. The van der Waals surface area contributed by atoms with Gasteiger partial charge in [0.05, 0.1) is 6.10 Å². The van der Waals surface area contributed by atoms with Gasteiger partial charge in [0, 0.05) is 24.8 Å². The SMILES string of the molecule is CNC(C)c1ccccc1N1CCCC(O)C1. The molecule has 1 aliphatic rings. The number of piperidine rings is 1. The Labute approximate surface area is 103 Å². The number of nitrogens with zero attached hydrogens (tertiary/aromatic N) is 1. The van der Waals surface area contributed by atoms with Crippen molar-refractivity contribution < 1.29 is 5.11 Å². The molecule has 0 aliphatic carbocycles. The normalized spacial score (nSPS) is 22.5. The summed E-state index contributed by atoms with van der Waals surface area (Å²) in [5.41, 5.74) is 2.57. The fourth-order valence-corrected chi connectivity index (χ4v) is 2.47.